The van der Waals surface area contributed by atoms with Gasteiger partial charge in [-0.2, -0.15) is 11.3 Å². The number of hydrogen-bond donors (Lipinski definition) is 1. The molecular formula is C17H19N3O3S. The first-order valence-electron chi connectivity index (χ1n) is 7.89. The van der Waals surface area contributed by atoms with E-state index in [0.29, 0.717) is 5.69 Å². The SMILES string of the molecule is C[C@@H](C(=O)Nc1cccc([N+](=O)[O-])c1)N1CCC[C@@H]1c1ccsc1. The fourth-order valence-electron chi connectivity index (χ4n) is 3.17. The van der Waals surface area contributed by atoms with E-state index in [4.69, 9.17) is 0 Å². The molecule has 7 heteroatoms. The standard InChI is InChI=1S/C17H19N3O3S/c1-12(19-8-3-6-16(19)13-7-9-24-11-13)17(21)18-14-4-2-5-15(10-14)20(22)23/h2,4-5,7,9-12,16H,3,6,8H2,1H3,(H,18,21)/t12-,16+/m0/s1. The molecule has 1 aliphatic rings. The van der Waals surface area contributed by atoms with Crippen LogP contribution in [0.15, 0.2) is 41.1 Å². The zero-order valence-electron chi connectivity index (χ0n) is 13.3. The number of nitro groups is 1. The lowest BCUT2D eigenvalue weighted by Gasteiger charge is -2.29. The highest BCUT2D eigenvalue weighted by Crippen LogP contribution is 2.34. The van der Waals surface area contributed by atoms with Crippen molar-refractivity contribution in [3.05, 3.63) is 56.8 Å². The van der Waals surface area contributed by atoms with E-state index in [1.165, 1.54) is 17.7 Å². The molecule has 2 heterocycles. The second-order valence-electron chi connectivity index (χ2n) is 5.93. The number of carbonyl (C=O) groups excluding carboxylic acids is 1. The third-order valence-electron chi connectivity index (χ3n) is 4.42. The Morgan fingerprint density at radius 1 is 1.46 bits per heavy atom. The van der Waals surface area contributed by atoms with Crippen molar-refractivity contribution in [1.29, 1.82) is 0 Å². The van der Waals surface area contributed by atoms with Crippen molar-refractivity contribution in [3.63, 3.8) is 0 Å². The number of thiophene rings is 1. The number of non-ortho nitro benzene ring substituents is 1. The minimum absolute atomic E-state index is 0.0298. The molecule has 3 rings (SSSR count). The number of hydrogen-bond acceptors (Lipinski definition) is 5. The summed E-state index contributed by atoms with van der Waals surface area (Å²) in [5.74, 6) is -0.141. The molecule has 1 aromatic heterocycles. The first kappa shape index (κ1) is 16.6. The number of nitro benzene ring substituents is 1. The summed E-state index contributed by atoms with van der Waals surface area (Å²) in [6.07, 6.45) is 2.11. The minimum atomic E-state index is -0.466. The summed E-state index contributed by atoms with van der Waals surface area (Å²) in [7, 11) is 0. The highest BCUT2D eigenvalue weighted by Gasteiger charge is 2.33. The highest BCUT2D eigenvalue weighted by atomic mass is 32.1. The molecule has 0 spiro atoms. The first-order chi connectivity index (χ1) is 11.6. The summed E-state index contributed by atoms with van der Waals surface area (Å²) in [6, 6.07) is 8.11. The zero-order chi connectivity index (χ0) is 17.1. The molecule has 0 radical (unpaired) electrons. The second-order valence-corrected chi connectivity index (χ2v) is 6.71. The predicted octanol–water partition coefficient (Wildman–Crippen LogP) is 3.82. The van der Waals surface area contributed by atoms with E-state index in [2.05, 4.69) is 27.0 Å². The Hall–Kier alpha value is -2.25. The Balaban J connectivity index is 1.70. The van der Waals surface area contributed by atoms with E-state index < -0.39 is 4.92 Å². The normalized spacial score (nSPS) is 19.1. The van der Waals surface area contributed by atoms with Gasteiger partial charge < -0.3 is 5.32 Å². The molecule has 2 atom stereocenters. The Morgan fingerprint density at radius 2 is 2.29 bits per heavy atom. The van der Waals surface area contributed by atoms with E-state index in [1.54, 1.807) is 23.5 Å². The van der Waals surface area contributed by atoms with Crippen LogP contribution in [0.1, 0.15) is 31.4 Å². The van der Waals surface area contributed by atoms with Crippen LogP contribution >= 0.6 is 11.3 Å². The molecule has 0 aliphatic carbocycles. The minimum Gasteiger partial charge on any atom is -0.324 e. The van der Waals surface area contributed by atoms with Crippen LogP contribution in [0, 0.1) is 10.1 Å². The summed E-state index contributed by atoms with van der Waals surface area (Å²) in [5.41, 5.74) is 1.68. The quantitative estimate of drug-likeness (QED) is 0.660. The summed E-state index contributed by atoms with van der Waals surface area (Å²) in [5, 5.41) is 17.8. The first-order valence-corrected chi connectivity index (χ1v) is 8.83. The maximum atomic E-state index is 12.6. The number of nitrogens with one attached hydrogen (secondary N) is 1. The Kier molecular flexibility index (Phi) is 4.92. The monoisotopic (exact) mass is 345 g/mol. The van der Waals surface area contributed by atoms with Crippen LogP contribution in [-0.2, 0) is 4.79 Å². The molecule has 0 bridgehead atoms. The average molecular weight is 345 g/mol. The van der Waals surface area contributed by atoms with Gasteiger partial charge in [0.25, 0.3) is 5.69 Å². The molecule has 6 nitrogen and oxygen atoms in total. The average Bonchev–Trinajstić information content (AvgIpc) is 3.25. The number of carbonyl (C=O) groups is 1. The van der Waals surface area contributed by atoms with Crippen molar-refractivity contribution >= 4 is 28.6 Å². The highest BCUT2D eigenvalue weighted by molar-refractivity contribution is 7.07. The maximum absolute atomic E-state index is 12.6. The molecule has 1 aromatic carbocycles. The van der Waals surface area contributed by atoms with Crippen molar-refractivity contribution in [2.24, 2.45) is 0 Å². The summed E-state index contributed by atoms with van der Waals surface area (Å²) in [4.78, 5) is 25.2. The van der Waals surface area contributed by atoms with Crippen molar-refractivity contribution in [2.45, 2.75) is 31.8 Å². The van der Waals surface area contributed by atoms with E-state index in [9.17, 15) is 14.9 Å². The molecule has 1 amide bonds. The van der Waals surface area contributed by atoms with Gasteiger partial charge in [-0.05, 0) is 54.8 Å². The van der Waals surface area contributed by atoms with Crippen LogP contribution in [0.3, 0.4) is 0 Å². The van der Waals surface area contributed by atoms with Crippen molar-refractivity contribution in [2.75, 3.05) is 11.9 Å². The number of rotatable bonds is 5. The topological polar surface area (TPSA) is 75.5 Å². The number of amides is 1. The number of anilines is 1. The fourth-order valence-corrected chi connectivity index (χ4v) is 3.88. The molecule has 24 heavy (non-hydrogen) atoms. The predicted molar refractivity (Wildman–Crippen MR) is 94.2 cm³/mol. The molecule has 0 unspecified atom stereocenters. The van der Waals surface area contributed by atoms with Crippen molar-refractivity contribution < 1.29 is 9.72 Å². The zero-order valence-corrected chi connectivity index (χ0v) is 14.2. The summed E-state index contributed by atoms with van der Waals surface area (Å²) in [6.45, 7) is 2.77. The number of likely N-dealkylation sites (tertiary alicyclic amines) is 1. The third kappa shape index (κ3) is 3.47. The lowest BCUT2D eigenvalue weighted by Crippen LogP contribution is -2.41. The number of benzene rings is 1. The van der Waals surface area contributed by atoms with Crippen molar-refractivity contribution in [3.8, 4) is 0 Å². The van der Waals surface area contributed by atoms with Gasteiger partial charge in [0.05, 0.1) is 11.0 Å². The lowest BCUT2D eigenvalue weighted by molar-refractivity contribution is -0.384. The molecule has 0 saturated carbocycles. The van der Waals surface area contributed by atoms with E-state index in [-0.39, 0.29) is 23.7 Å². The molecule has 1 saturated heterocycles. The summed E-state index contributed by atoms with van der Waals surface area (Å²) < 4.78 is 0. The van der Waals surface area contributed by atoms with Gasteiger partial charge >= 0.3 is 0 Å². The molecule has 1 fully saturated rings. The van der Waals surface area contributed by atoms with E-state index in [0.717, 1.165) is 19.4 Å². The van der Waals surface area contributed by atoms with Crippen LogP contribution in [-0.4, -0.2) is 28.3 Å². The van der Waals surface area contributed by atoms with Gasteiger partial charge in [-0.15, -0.1) is 0 Å². The van der Waals surface area contributed by atoms with Crippen LogP contribution in [0.2, 0.25) is 0 Å². The van der Waals surface area contributed by atoms with Crippen LogP contribution < -0.4 is 5.32 Å². The Labute approximate surface area is 144 Å². The van der Waals surface area contributed by atoms with Gasteiger partial charge in [0, 0.05) is 23.9 Å². The Bertz CT molecular complexity index is 732. The molecule has 1 N–H and O–H groups in total. The third-order valence-corrected chi connectivity index (χ3v) is 5.13. The molecular weight excluding hydrogens is 326 g/mol. The second kappa shape index (κ2) is 7.11. The summed E-state index contributed by atoms with van der Waals surface area (Å²) >= 11 is 1.66. The molecule has 1 aliphatic heterocycles. The van der Waals surface area contributed by atoms with Crippen LogP contribution in [0.4, 0.5) is 11.4 Å². The van der Waals surface area contributed by atoms with Gasteiger partial charge in [-0.25, -0.2) is 0 Å². The van der Waals surface area contributed by atoms with E-state index >= 15 is 0 Å². The maximum Gasteiger partial charge on any atom is 0.271 e. The van der Waals surface area contributed by atoms with Gasteiger partial charge in [0.1, 0.15) is 0 Å². The van der Waals surface area contributed by atoms with Gasteiger partial charge in [-0.3, -0.25) is 19.8 Å². The molecule has 126 valence electrons. The number of nitrogens with zero attached hydrogens (tertiary/aromatic N) is 2. The fraction of sp³-hybridized carbons (Fsp3) is 0.353. The van der Waals surface area contributed by atoms with Gasteiger partial charge in [0.15, 0.2) is 0 Å². The van der Waals surface area contributed by atoms with Crippen molar-refractivity contribution in [1.82, 2.24) is 4.90 Å². The van der Waals surface area contributed by atoms with Gasteiger partial charge in [0.2, 0.25) is 5.91 Å². The molecule has 2 aromatic rings. The smallest absolute Gasteiger partial charge is 0.271 e. The van der Waals surface area contributed by atoms with Crippen LogP contribution in [0.25, 0.3) is 0 Å². The Morgan fingerprint density at radius 3 is 3.00 bits per heavy atom. The van der Waals surface area contributed by atoms with E-state index in [1.807, 2.05) is 6.92 Å². The van der Waals surface area contributed by atoms with Gasteiger partial charge in [-0.1, -0.05) is 6.07 Å². The lowest BCUT2D eigenvalue weighted by atomic mass is 10.1. The van der Waals surface area contributed by atoms with Crippen LogP contribution in [0.5, 0.6) is 0 Å². The largest absolute Gasteiger partial charge is 0.324 e.